The third-order valence-corrected chi connectivity index (χ3v) is 2.26. The molecule has 1 aromatic carbocycles. The fourth-order valence-electron chi connectivity index (χ4n) is 1.32. The van der Waals surface area contributed by atoms with E-state index in [-0.39, 0.29) is 28.3 Å². The topological polar surface area (TPSA) is 130 Å². The largest absolute Gasteiger partial charge is 0.507 e. The molecule has 0 radical (unpaired) electrons. The van der Waals surface area contributed by atoms with Gasteiger partial charge in [-0.25, -0.2) is 4.79 Å². The molecule has 0 aliphatic heterocycles. The van der Waals surface area contributed by atoms with Crippen LogP contribution in [0.3, 0.4) is 0 Å². The molecule has 0 heterocycles. The summed E-state index contributed by atoms with van der Waals surface area (Å²) < 4.78 is 4.47. The van der Waals surface area contributed by atoms with Crippen LogP contribution in [-0.4, -0.2) is 18.2 Å². The second-order valence-corrected chi connectivity index (χ2v) is 3.43. The van der Waals surface area contributed by atoms with E-state index < -0.39 is 5.97 Å². The summed E-state index contributed by atoms with van der Waals surface area (Å²) in [6.07, 6.45) is 0. The average Bonchev–Trinajstić information content (AvgIpc) is 2.46. The SMILES string of the molecule is COC(=O)c1ccc(NC(C#N)=C(C#N)C#N)cc1O. The number of ether oxygens (including phenoxy) is 1. The molecular formula is C13H8N4O3. The average molecular weight is 268 g/mol. The van der Waals surface area contributed by atoms with E-state index in [9.17, 15) is 9.90 Å². The van der Waals surface area contributed by atoms with Crippen LogP contribution in [0.1, 0.15) is 10.4 Å². The first-order valence-electron chi connectivity index (χ1n) is 5.20. The van der Waals surface area contributed by atoms with Crippen LogP contribution in [0.4, 0.5) is 5.69 Å². The van der Waals surface area contributed by atoms with Crippen molar-refractivity contribution in [2.75, 3.05) is 12.4 Å². The van der Waals surface area contributed by atoms with Gasteiger partial charge in [0.2, 0.25) is 0 Å². The van der Waals surface area contributed by atoms with Crippen LogP contribution < -0.4 is 5.32 Å². The number of benzene rings is 1. The third kappa shape index (κ3) is 3.04. The standard InChI is InChI=1S/C13H8N4O3/c1-20-13(19)10-3-2-9(4-12(10)18)17-11(7-16)8(5-14)6-15/h2-4,17-18H,1H3. The minimum absolute atomic E-state index is 0.0404. The second-order valence-electron chi connectivity index (χ2n) is 3.43. The molecule has 0 aliphatic carbocycles. The van der Waals surface area contributed by atoms with Crippen molar-refractivity contribution in [3.8, 4) is 24.0 Å². The molecule has 7 heteroatoms. The van der Waals surface area contributed by atoms with Gasteiger partial charge in [-0.1, -0.05) is 0 Å². The number of rotatable bonds is 3. The fraction of sp³-hybridized carbons (Fsp3) is 0.0769. The number of allylic oxidation sites excluding steroid dienone is 2. The molecule has 0 saturated heterocycles. The lowest BCUT2D eigenvalue weighted by Crippen LogP contribution is -2.04. The van der Waals surface area contributed by atoms with Crippen LogP contribution >= 0.6 is 0 Å². The molecule has 7 nitrogen and oxygen atoms in total. The van der Waals surface area contributed by atoms with Crippen molar-refractivity contribution in [1.29, 1.82) is 15.8 Å². The maximum Gasteiger partial charge on any atom is 0.341 e. The number of esters is 1. The predicted molar refractivity (Wildman–Crippen MR) is 66.9 cm³/mol. The number of nitrogens with zero attached hydrogens (tertiary/aromatic N) is 3. The minimum atomic E-state index is -0.708. The van der Waals surface area contributed by atoms with E-state index in [2.05, 4.69) is 10.1 Å². The van der Waals surface area contributed by atoms with Crippen molar-refractivity contribution in [2.24, 2.45) is 0 Å². The van der Waals surface area contributed by atoms with Crippen LogP contribution in [0.5, 0.6) is 5.75 Å². The Kier molecular flexibility index (Phi) is 4.69. The summed E-state index contributed by atoms with van der Waals surface area (Å²) in [5.74, 6) is -1.06. The number of phenolic OH excluding ortho intramolecular Hbond substituents is 1. The molecule has 0 atom stereocenters. The molecule has 1 aromatic rings. The first-order chi connectivity index (χ1) is 9.57. The number of methoxy groups -OCH3 is 1. The highest BCUT2D eigenvalue weighted by Crippen LogP contribution is 2.23. The molecule has 0 aliphatic rings. The Bertz CT molecular complexity index is 686. The lowest BCUT2D eigenvalue weighted by atomic mass is 10.1. The first kappa shape index (κ1) is 14.6. The summed E-state index contributed by atoms with van der Waals surface area (Å²) in [4.78, 5) is 11.3. The normalized spacial score (nSPS) is 8.50. The zero-order chi connectivity index (χ0) is 15.1. The molecule has 0 amide bonds. The number of anilines is 1. The van der Waals surface area contributed by atoms with Crippen LogP contribution in [0.25, 0.3) is 0 Å². The van der Waals surface area contributed by atoms with Gasteiger partial charge in [-0.2, -0.15) is 15.8 Å². The molecule has 1 rings (SSSR count). The Morgan fingerprint density at radius 2 is 1.90 bits per heavy atom. The molecule has 0 spiro atoms. The number of nitriles is 3. The molecule has 0 unspecified atom stereocenters. The van der Waals surface area contributed by atoms with Gasteiger partial charge in [-0.3, -0.25) is 0 Å². The van der Waals surface area contributed by atoms with E-state index in [4.69, 9.17) is 15.8 Å². The molecular weight excluding hydrogens is 260 g/mol. The van der Waals surface area contributed by atoms with Gasteiger partial charge in [-0.05, 0) is 12.1 Å². The van der Waals surface area contributed by atoms with Gasteiger partial charge in [0.1, 0.15) is 35.2 Å². The molecule has 20 heavy (non-hydrogen) atoms. The predicted octanol–water partition coefficient (Wildman–Crippen LogP) is 1.42. The molecule has 2 N–H and O–H groups in total. The zero-order valence-corrected chi connectivity index (χ0v) is 10.3. The molecule has 0 saturated carbocycles. The smallest absolute Gasteiger partial charge is 0.341 e. The number of hydrogen-bond donors (Lipinski definition) is 2. The number of carbonyl (C=O) groups is 1. The highest BCUT2D eigenvalue weighted by Gasteiger charge is 2.13. The van der Waals surface area contributed by atoms with Crippen molar-refractivity contribution < 1.29 is 14.6 Å². The Balaban J connectivity index is 3.14. The zero-order valence-electron chi connectivity index (χ0n) is 10.3. The Morgan fingerprint density at radius 1 is 1.25 bits per heavy atom. The summed E-state index contributed by atoms with van der Waals surface area (Å²) in [6.45, 7) is 0. The summed E-state index contributed by atoms with van der Waals surface area (Å²) >= 11 is 0. The number of hydrogen-bond acceptors (Lipinski definition) is 7. The van der Waals surface area contributed by atoms with Gasteiger partial charge >= 0.3 is 5.97 Å². The van der Waals surface area contributed by atoms with E-state index in [0.29, 0.717) is 0 Å². The maximum absolute atomic E-state index is 11.3. The van der Waals surface area contributed by atoms with E-state index >= 15 is 0 Å². The number of carbonyl (C=O) groups excluding carboxylic acids is 1. The van der Waals surface area contributed by atoms with E-state index in [1.807, 2.05) is 0 Å². The van der Waals surface area contributed by atoms with Gasteiger partial charge in [0.15, 0.2) is 5.57 Å². The van der Waals surface area contributed by atoms with Crippen LogP contribution in [0, 0.1) is 34.0 Å². The van der Waals surface area contributed by atoms with E-state index in [0.717, 1.165) is 0 Å². The summed E-state index contributed by atoms with van der Waals surface area (Å²) in [7, 11) is 1.18. The third-order valence-electron chi connectivity index (χ3n) is 2.26. The van der Waals surface area contributed by atoms with Crippen molar-refractivity contribution in [3.63, 3.8) is 0 Å². The Labute approximate surface area is 114 Å². The Hall–Kier alpha value is -3.50. The minimum Gasteiger partial charge on any atom is -0.507 e. The van der Waals surface area contributed by atoms with Crippen LogP contribution in [0.15, 0.2) is 29.5 Å². The van der Waals surface area contributed by atoms with Gasteiger partial charge in [-0.15, -0.1) is 0 Å². The van der Waals surface area contributed by atoms with Gasteiger partial charge in [0.25, 0.3) is 0 Å². The fourth-order valence-corrected chi connectivity index (χ4v) is 1.32. The molecule has 0 fully saturated rings. The van der Waals surface area contributed by atoms with Gasteiger partial charge < -0.3 is 15.2 Å². The van der Waals surface area contributed by atoms with E-state index in [1.165, 1.54) is 25.3 Å². The van der Waals surface area contributed by atoms with Crippen LogP contribution in [-0.2, 0) is 4.74 Å². The Morgan fingerprint density at radius 3 is 2.35 bits per heavy atom. The maximum atomic E-state index is 11.3. The van der Waals surface area contributed by atoms with Gasteiger partial charge in [0, 0.05) is 11.8 Å². The first-order valence-corrected chi connectivity index (χ1v) is 5.20. The quantitative estimate of drug-likeness (QED) is 0.626. The van der Waals surface area contributed by atoms with Crippen LogP contribution in [0.2, 0.25) is 0 Å². The van der Waals surface area contributed by atoms with E-state index in [1.54, 1.807) is 18.2 Å². The second kappa shape index (κ2) is 6.44. The van der Waals surface area contributed by atoms with Gasteiger partial charge in [0.05, 0.1) is 7.11 Å². The van der Waals surface area contributed by atoms with Crippen molar-refractivity contribution in [3.05, 3.63) is 35.0 Å². The molecule has 0 aromatic heterocycles. The number of aromatic hydroxyl groups is 1. The summed E-state index contributed by atoms with van der Waals surface area (Å²) in [5.41, 5.74) is -0.430. The summed E-state index contributed by atoms with van der Waals surface area (Å²) in [5, 5.41) is 38.4. The number of phenols is 1. The lowest BCUT2D eigenvalue weighted by molar-refractivity contribution is 0.0597. The molecule has 98 valence electrons. The van der Waals surface area contributed by atoms with Crippen molar-refractivity contribution in [2.45, 2.75) is 0 Å². The lowest BCUT2D eigenvalue weighted by Gasteiger charge is -2.07. The number of nitrogens with one attached hydrogen (secondary N) is 1. The highest BCUT2D eigenvalue weighted by atomic mass is 16.5. The van der Waals surface area contributed by atoms with Crippen molar-refractivity contribution in [1.82, 2.24) is 0 Å². The van der Waals surface area contributed by atoms with Crippen molar-refractivity contribution >= 4 is 11.7 Å². The monoisotopic (exact) mass is 268 g/mol. The molecule has 0 bridgehead atoms. The highest BCUT2D eigenvalue weighted by molar-refractivity contribution is 5.93. The summed E-state index contributed by atoms with van der Waals surface area (Å²) in [6, 6.07) is 8.68.